The van der Waals surface area contributed by atoms with Gasteiger partial charge in [-0.05, 0) is 48.6 Å². The lowest BCUT2D eigenvalue weighted by Gasteiger charge is -2.25. The molecule has 0 bridgehead atoms. The van der Waals surface area contributed by atoms with E-state index in [1.165, 1.54) is 5.56 Å². The SMILES string of the molecule is CCC1CC(CN)(CC(=O)O)CC1Cc1ccccc1. The molecular formula is C17H25NO2. The summed E-state index contributed by atoms with van der Waals surface area (Å²) >= 11 is 0. The van der Waals surface area contributed by atoms with Gasteiger partial charge in [0.15, 0.2) is 0 Å². The summed E-state index contributed by atoms with van der Waals surface area (Å²) < 4.78 is 0. The molecule has 0 aromatic heterocycles. The van der Waals surface area contributed by atoms with Crippen molar-refractivity contribution >= 4 is 5.97 Å². The van der Waals surface area contributed by atoms with Crippen molar-refractivity contribution in [3.05, 3.63) is 35.9 Å². The third-order valence-electron chi connectivity index (χ3n) is 4.88. The van der Waals surface area contributed by atoms with Crippen LogP contribution in [0.4, 0.5) is 0 Å². The van der Waals surface area contributed by atoms with Crippen LogP contribution in [0, 0.1) is 17.3 Å². The Morgan fingerprint density at radius 2 is 1.95 bits per heavy atom. The molecule has 0 spiro atoms. The molecule has 3 heteroatoms. The first kappa shape index (κ1) is 15.0. The number of rotatable bonds is 6. The highest BCUT2D eigenvalue weighted by Crippen LogP contribution is 2.49. The molecule has 0 amide bonds. The van der Waals surface area contributed by atoms with Crippen LogP contribution in [-0.2, 0) is 11.2 Å². The second kappa shape index (κ2) is 6.40. The van der Waals surface area contributed by atoms with Crippen LogP contribution in [0.15, 0.2) is 30.3 Å². The third kappa shape index (κ3) is 3.40. The van der Waals surface area contributed by atoms with Gasteiger partial charge in [-0.3, -0.25) is 4.79 Å². The molecule has 0 radical (unpaired) electrons. The first-order chi connectivity index (χ1) is 9.58. The maximum atomic E-state index is 11.1. The van der Waals surface area contributed by atoms with E-state index in [2.05, 4.69) is 31.2 Å². The Kier molecular flexibility index (Phi) is 4.81. The summed E-state index contributed by atoms with van der Waals surface area (Å²) in [7, 11) is 0. The minimum absolute atomic E-state index is 0.189. The van der Waals surface area contributed by atoms with Crippen LogP contribution < -0.4 is 5.73 Å². The molecule has 3 nitrogen and oxygen atoms in total. The average Bonchev–Trinajstić information content (AvgIpc) is 2.77. The minimum atomic E-state index is -0.717. The van der Waals surface area contributed by atoms with E-state index in [1.807, 2.05) is 6.07 Å². The quantitative estimate of drug-likeness (QED) is 0.838. The molecule has 1 aromatic rings. The zero-order valence-electron chi connectivity index (χ0n) is 12.2. The van der Waals surface area contributed by atoms with Crippen LogP contribution in [0.25, 0.3) is 0 Å². The van der Waals surface area contributed by atoms with Gasteiger partial charge in [-0.1, -0.05) is 43.7 Å². The smallest absolute Gasteiger partial charge is 0.303 e. The van der Waals surface area contributed by atoms with Gasteiger partial charge in [0.05, 0.1) is 6.42 Å². The van der Waals surface area contributed by atoms with Crippen molar-refractivity contribution in [2.24, 2.45) is 23.0 Å². The zero-order valence-corrected chi connectivity index (χ0v) is 12.2. The van der Waals surface area contributed by atoms with E-state index >= 15 is 0 Å². The molecule has 1 aliphatic rings. The van der Waals surface area contributed by atoms with Crippen LogP contribution >= 0.6 is 0 Å². The largest absolute Gasteiger partial charge is 0.481 e. The number of carboxylic acids is 1. The average molecular weight is 275 g/mol. The first-order valence-corrected chi connectivity index (χ1v) is 7.54. The van der Waals surface area contributed by atoms with Crippen LogP contribution in [0.1, 0.15) is 38.2 Å². The first-order valence-electron chi connectivity index (χ1n) is 7.54. The fourth-order valence-corrected chi connectivity index (χ4v) is 3.87. The second-order valence-electron chi connectivity index (χ2n) is 6.30. The lowest BCUT2D eigenvalue weighted by molar-refractivity contribution is -0.139. The van der Waals surface area contributed by atoms with Crippen LogP contribution in [0.2, 0.25) is 0 Å². The molecule has 1 fully saturated rings. The standard InChI is InChI=1S/C17H25NO2/c1-2-14-9-17(12-18,11-16(19)20)10-15(14)8-13-6-4-3-5-7-13/h3-7,14-15H,2,8-12,18H2,1H3,(H,19,20). The van der Waals surface area contributed by atoms with E-state index in [0.717, 1.165) is 25.7 Å². The van der Waals surface area contributed by atoms with E-state index in [4.69, 9.17) is 10.8 Å². The molecule has 1 aromatic carbocycles. The molecule has 3 N–H and O–H groups in total. The van der Waals surface area contributed by atoms with Crippen molar-refractivity contribution in [1.82, 2.24) is 0 Å². The Balaban J connectivity index is 2.11. The van der Waals surface area contributed by atoms with Crippen LogP contribution in [-0.4, -0.2) is 17.6 Å². The minimum Gasteiger partial charge on any atom is -0.481 e. The maximum Gasteiger partial charge on any atom is 0.303 e. The summed E-state index contributed by atoms with van der Waals surface area (Å²) in [6.07, 6.45) is 4.28. The molecule has 3 unspecified atom stereocenters. The number of carbonyl (C=O) groups is 1. The van der Waals surface area contributed by atoms with Gasteiger partial charge in [0.25, 0.3) is 0 Å². The molecule has 3 atom stereocenters. The summed E-state index contributed by atoms with van der Waals surface area (Å²) in [5.74, 6) is 0.439. The van der Waals surface area contributed by atoms with E-state index < -0.39 is 5.97 Å². The highest BCUT2D eigenvalue weighted by atomic mass is 16.4. The number of hydrogen-bond acceptors (Lipinski definition) is 2. The zero-order chi connectivity index (χ0) is 14.6. The van der Waals surface area contributed by atoms with Gasteiger partial charge in [-0.15, -0.1) is 0 Å². The van der Waals surface area contributed by atoms with Crippen molar-refractivity contribution in [2.75, 3.05) is 6.54 Å². The predicted molar refractivity (Wildman–Crippen MR) is 80.4 cm³/mol. The summed E-state index contributed by atoms with van der Waals surface area (Å²) in [5, 5.41) is 9.15. The molecule has 0 aliphatic heterocycles. The van der Waals surface area contributed by atoms with Gasteiger partial charge in [0, 0.05) is 0 Å². The van der Waals surface area contributed by atoms with Crippen molar-refractivity contribution in [1.29, 1.82) is 0 Å². The highest BCUT2D eigenvalue weighted by molar-refractivity contribution is 5.67. The molecule has 1 aliphatic carbocycles. The summed E-state index contributed by atoms with van der Waals surface area (Å²) in [6, 6.07) is 10.5. The number of benzene rings is 1. The van der Waals surface area contributed by atoms with Crippen molar-refractivity contribution in [3.63, 3.8) is 0 Å². The third-order valence-corrected chi connectivity index (χ3v) is 4.88. The van der Waals surface area contributed by atoms with Gasteiger partial charge >= 0.3 is 5.97 Å². The van der Waals surface area contributed by atoms with Gasteiger partial charge in [0.1, 0.15) is 0 Å². The monoisotopic (exact) mass is 275 g/mol. The molecule has 0 saturated heterocycles. The highest BCUT2D eigenvalue weighted by Gasteiger charge is 2.44. The molecule has 2 rings (SSSR count). The fourth-order valence-electron chi connectivity index (χ4n) is 3.87. The number of hydrogen-bond donors (Lipinski definition) is 2. The predicted octanol–water partition coefficient (Wildman–Crippen LogP) is 3.09. The van der Waals surface area contributed by atoms with Crippen molar-refractivity contribution in [3.8, 4) is 0 Å². The molecule has 0 heterocycles. The molecule has 110 valence electrons. The van der Waals surface area contributed by atoms with Crippen molar-refractivity contribution in [2.45, 2.75) is 39.0 Å². The van der Waals surface area contributed by atoms with Crippen molar-refractivity contribution < 1.29 is 9.90 Å². The lowest BCUT2D eigenvalue weighted by atomic mass is 9.81. The number of carboxylic acid groups (broad SMARTS) is 1. The summed E-state index contributed by atoms with van der Waals surface area (Å²) in [5.41, 5.74) is 7.08. The molecule has 1 saturated carbocycles. The van der Waals surface area contributed by atoms with Gasteiger partial charge in [-0.2, -0.15) is 0 Å². The number of nitrogens with two attached hydrogens (primary N) is 1. The fraction of sp³-hybridized carbons (Fsp3) is 0.588. The Labute approximate surface area is 121 Å². The van der Waals surface area contributed by atoms with E-state index in [-0.39, 0.29) is 11.8 Å². The Bertz CT molecular complexity index is 446. The van der Waals surface area contributed by atoms with Gasteiger partial charge < -0.3 is 10.8 Å². The van der Waals surface area contributed by atoms with E-state index in [0.29, 0.717) is 18.4 Å². The van der Waals surface area contributed by atoms with E-state index in [9.17, 15) is 4.79 Å². The second-order valence-corrected chi connectivity index (χ2v) is 6.30. The normalized spacial score (nSPS) is 29.5. The van der Waals surface area contributed by atoms with E-state index in [1.54, 1.807) is 0 Å². The Hall–Kier alpha value is -1.35. The Morgan fingerprint density at radius 1 is 1.30 bits per heavy atom. The summed E-state index contributed by atoms with van der Waals surface area (Å²) in [4.78, 5) is 11.1. The van der Waals surface area contributed by atoms with Gasteiger partial charge in [0.2, 0.25) is 0 Å². The lowest BCUT2D eigenvalue weighted by Crippen LogP contribution is -2.31. The summed E-state index contributed by atoms with van der Waals surface area (Å²) in [6.45, 7) is 2.69. The molecular weight excluding hydrogens is 250 g/mol. The topological polar surface area (TPSA) is 63.3 Å². The van der Waals surface area contributed by atoms with Gasteiger partial charge in [-0.25, -0.2) is 0 Å². The maximum absolute atomic E-state index is 11.1. The van der Waals surface area contributed by atoms with Crippen LogP contribution in [0.5, 0.6) is 0 Å². The molecule has 20 heavy (non-hydrogen) atoms. The number of aliphatic carboxylic acids is 1. The van der Waals surface area contributed by atoms with Crippen LogP contribution in [0.3, 0.4) is 0 Å². The Morgan fingerprint density at radius 3 is 2.50 bits per heavy atom.